The van der Waals surface area contributed by atoms with E-state index in [2.05, 4.69) is 15.2 Å². The van der Waals surface area contributed by atoms with E-state index in [0.29, 0.717) is 28.2 Å². The zero-order valence-corrected chi connectivity index (χ0v) is 15.8. The van der Waals surface area contributed by atoms with Gasteiger partial charge in [0.1, 0.15) is 17.3 Å². The summed E-state index contributed by atoms with van der Waals surface area (Å²) in [6, 6.07) is 9.00. The van der Waals surface area contributed by atoms with E-state index in [1.165, 1.54) is 32.4 Å². The average molecular weight is 391 g/mol. The van der Waals surface area contributed by atoms with Crippen molar-refractivity contribution in [3.05, 3.63) is 53.3 Å². The molecule has 2 aromatic carbocycles. The number of H-pyrrole nitrogens is 1. The van der Waals surface area contributed by atoms with Gasteiger partial charge in [0.2, 0.25) is 15.0 Å². The zero-order valence-electron chi connectivity index (χ0n) is 15.0. The molecule has 0 saturated heterocycles. The highest BCUT2D eigenvalue weighted by molar-refractivity contribution is 7.90. The van der Waals surface area contributed by atoms with Crippen molar-refractivity contribution in [2.75, 3.05) is 14.2 Å². The number of methoxy groups -OCH3 is 2. The van der Waals surface area contributed by atoms with Crippen molar-refractivity contribution in [3.63, 3.8) is 0 Å². The fourth-order valence-electron chi connectivity index (χ4n) is 2.58. The summed E-state index contributed by atoms with van der Waals surface area (Å²) >= 11 is 0. The van der Waals surface area contributed by atoms with Crippen molar-refractivity contribution >= 4 is 9.84 Å². The van der Waals surface area contributed by atoms with E-state index in [4.69, 9.17) is 9.47 Å². The summed E-state index contributed by atoms with van der Waals surface area (Å²) in [5.41, 5.74) is 1.57. The van der Waals surface area contributed by atoms with Crippen LogP contribution in [0.15, 0.2) is 41.6 Å². The molecule has 0 bridgehead atoms. The normalized spacial score (nSPS) is 11.4. The molecule has 142 valence electrons. The van der Waals surface area contributed by atoms with Crippen molar-refractivity contribution in [2.24, 2.45) is 0 Å². The molecule has 3 aromatic rings. The number of benzene rings is 2. The summed E-state index contributed by atoms with van der Waals surface area (Å²) in [6.45, 7) is 1.65. The number of aryl methyl sites for hydroxylation is 1. The van der Waals surface area contributed by atoms with Gasteiger partial charge in [0.25, 0.3) is 0 Å². The van der Waals surface area contributed by atoms with E-state index in [9.17, 15) is 12.8 Å². The Bertz CT molecular complexity index is 1080. The van der Waals surface area contributed by atoms with E-state index in [1.54, 1.807) is 25.1 Å². The number of nitrogens with one attached hydrogen (secondary N) is 1. The quantitative estimate of drug-likeness (QED) is 0.694. The van der Waals surface area contributed by atoms with Gasteiger partial charge in [-0.25, -0.2) is 17.9 Å². The summed E-state index contributed by atoms with van der Waals surface area (Å²) in [7, 11) is -0.768. The Morgan fingerprint density at radius 2 is 1.89 bits per heavy atom. The summed E-state index contributed by atoms with van der Waals surface area (Å²) in [6.07, 6.45) is 0. The van der Waals surface area contributed by atoms with Crippen LogP contribution < -0.4 is 9.47 Å². The molecule has 27 heavy (non-hydrogen) atoms. The smallest absolute Gasteiger partial charge is 0.243 e. The first-order valence-electron chi connectivity index (χ1n) is 7.96. The van der Waals surface area contributed by atoms with Gasteiger partial charge in [0.05, 0.1) is 25.5 Å². The predicted molar refractivity (Wildman–Crippen MR) is 96.9 cm³/mol. The Labute approximate surface area is 156 Å². The van der Waals surface area contributed by atoms with Crippen molar-refractivity contribution in [1.29, 1.82) is 0 Å². The lowest BCUT2D eigenvalue weighted by Gasteiger charge is -2.07. The number of ether oxygens (including phenoxy) is 2. The van der Waals surface area contributed by atoms with Crippen molar-refractivity contribution in [2.45, 2.75) is 17.8 Å². The minimum atomic E-state index is -3.79. The lowest BCUT2D eigenvalue weighted by atomic mass is 10.1. The van der Waals surface area contributed by atoms with Crippen LogP contribution in [0.1, 0.15) is 11.1 Å². The van der Waals surface area contributed by atoms with Crippen LogP contribution in [0.3, 0.4) is 0 Å². The number of sulfone groups is 1. The molecule has 9 heteroatoms. The van der Waals surface area contributed by atoms with Gasteiger partial charge in [-0.1, -0.05) is 6.07 Å². The van der Waals surface area contributed by atoms with Crippen LogP contribution in [-0.2, 0) is 15.6 Å². The number of hydrogen-bond acceptors (Lipinski definition) is 6. The third-order valence-electron chi connectivity index (χ3n) is 4.06. The number of hydrogen-bond donors (Lipinski definition) is 1. The van der Waals surface area contributed by atoms with Crippen molar-refractivity contribution in [3.8, 4) is 22.9 Å². The van der Waals surface area contributed by atoms with Gasteiger partial charge in [-0.2, -0.15) is 10.1 Å². The number of nitrogens with zero attached hydrogens (tertiary/aromatic N) is 2. The fraction of sp³-hybridized carbons (Fsp3) is 0.222. The Morgan fingerprint density at radius 3 is 2.56 bits per heavy atom. The number of rotatable bonds is 6. The maximum atomic E-state index is 13.2. The topological polar surface area (TPSA) is 94.2 Å². The molecule has 0 fully saturated rings. The molecule has 0 aliphatic heterocycles. The maximum absolute atomic E-state index is 13.2. The van der Waals surface area contributed by atoms with Crippen molar-refractivity contribution in [1.82, 2.24) is 15.2 Å². The molecule has 0 spiro atoms. The molecule has 0 unspecified atom stereocenters. The van der Waals surface area contributed by atoms with Crippen molar-refractivity contribution < 1.29 is 22.3 Å². The Hall–Kier alpha value is -2.94. The van der Waals surface area contributed by atoms with Gasteiger partial charge in [0, 0.05) is 6.07 Å². The minimum absolute atomic E-state index is 0.184. The second kappa shape index (κ2) is 7.36. The van der Waals surface area contributed by atoms with Gasteiger partial charge in [-0.05, 0) is 42.3 Å². The summed E-state index contributed by atoms with van der Waals surface area (Å²) in [5.74, 6) is 0.497. The standard InChI is InChI=1S/C18H18FN3O4S/c1-11-8-13(19)5-4-12(11)10-27(23,24)18-20-17(21-22-18)15-7-6-14(25-2)9-16(15)26-3/h4-9H,10H2,1-3H3,(H,20,21,22). The highest BCUT2D eigenvalue weighted by atomic mass is 32.2. The Kier molecular flexibility index (Phi) is 5.13. The Balaban J connectivity index is 1.93. The van der Waals surface area contributed by atoms with E-state index in [0.717, 1.165) is 0 Å². The monoisotopic (exact) mass is 391 g/mol. The molecular weight excluding hydrogens is 373 g/mol. The second-order valence-corrected chi connectivity index (χ2v) is 7.77. The molecular formula is C18H18FN3O4S. The van der Waals surface area contributed by atoms with E-state index >= 15 is 0 Å². The van der Waals surface area contributed by atoms with Crippen LogP contribution in [0.4, 0.5) is 4.39 Å². The summed E-state index contributed by atoms with van der Waals surface area (Å²) in [5, 5.41) is 6.20. The molecule has 3 rings (SSSR count). The van der Waals surface area contributed by atoms with Crippen LogP contribution in [-0.4, -0.2) is 37.8 Å². The first-order chi connectivity index (χ1) is 12.8. The second-order valence-electron chi connectivity index (χ2n) is 5.86. The number of aromatic nitrogens is 3. The predicted octanol–water partition coefficient (Wildman–Crippen LogP) is 2.91. The van der Waals surface area contributed by atoms with E-state index in [1.807, 2.05) is 0 Å². The molecule has 0 radical (unpaired) electrons. The maximum Gasteiger partial charge on any atom is 0.243 e. The lowest BCUT2D eigenvalue weighted by Crippen LogP contribution is -2.08. The van der Waals surface area contributed by atoms with E-state index < -0.39 is 15.7 Å². The Morgan fingerprint density at radius 1 is 1.11 bits per heavy atom. The van der Waals surface area contributed by atoms with Crippen LogP contribution in [0.25, 0.3) is 11.4 Å². The lowest BCUT2D eigenvalue weighted by molar-refractivity contribution is 0.395. The van der Waals surface area contributed by atoms with Gasteiger partial charge in [-0.15, -0.1) is 0 Å². The first-order valence-corrected chi connectivity index (χ1v) is 9.62. The van der Waals surface area contributed by atoms with E-state index in [-0.39, 0.29) is 16.7 Å². The SMILES string of the molecule is COc1ccc(-c2n[nH]c(S(=O)(=O)Cc3ccc(F)cc3C)n2)c(OC)c1. The number of aromatic amines is 1. The van der Waals surface area contributed by atoms with Gasteiger partial charge < -0.3 is 9.47 Å². The van der Waals surface area contributed by atoms with Gasteiger partial charge >= 0.3 is 0 Å². The summed E-state index contributed by atoms with van der Waals surface area (Å²) in [4.78, 5) is 4.11. The molecule has 0 aliphatic rings. The zero-order chi connectivity index (χ0) is 19.6. The van der Waals surface area contributed by atoms with Crippen LogP contribution in [0, 0.1) is 12.7 Å². The number of halogens is 1. The van der Waals surface area contributed by atoms with Gasteiger partial charge in [0.15, 0.2) is 5.82 Å². The molecule has 1 N–H and O–H groups in total. The third-order valence-corrected chi connectivity index (χ3v) is 5.52. The molecule has 1 aromatic heterocycles. The molecule has 0 aliphatic carbocycles. The highest BCUT2D eigenvalue weighted by Crippen LogP contribution is 2.31. The molecule has 1 heterocycles. The fourth-order valence-corrected chi connectivity index (χ4v) is 3.86. The highest BCUT2D eigenvalue weighted by Gasteiger charge is 2.23. The van der Waals surface area contributed by atoms with Crippen LogP contribution in [0.5, 0.6) is 11.5 Å². The van der Waals surface area contributed by atoms with Crippen LogP contribution >= 0.6 is 0 Å². The molecule has 0 atom stereocenters. The third kappa shape index (κ3) is 3.92. The molecule has 0 amide bonds. The van der Waals surface area contributed by atoms with Crippen LogP contribution in [0.2, 0.25) is 0 Å². The summed E-state index contributed by atoms with van der Waals surface area (Å²) < 4.78 is 49.0. The molecule has 7 nitrogen and oxygen atoms in total. The average Bonchev–Trinajstić information content (AvgIpc) is 3.14. The van der Waals surface area contributed by atoms with Gasteiger partial charge in [-0.3, -0.25) is 0 Å². The molecule has 0 saturated carbocycles. The minimum Gasteiger partial charge on any atom is -0.497 e. The first kappa shape index (κ1) is 18.8. The largest absolute Gasteiger partial charge is 0.497 e.